The summed E-state index contributed by atoms with van der Waals surface area (Å²) >= 11 is 0. The fraction of sp³-hybridized carbons (Fsp3) is 0.882. The molecule has 0 unspecified atom stereocenters. The Balaban J connectivity index is 1.37. The average Bonchev–Trinajstić information content (AvgIpc) is 3.03. The SMILES string of the molecule is O=C1CC[C@H]2[C@H](CCN2C(=O)NC2CC2)N1CCN1CCCC1. The molecule has 4 fully saturated rings. The Morgan fingerprint density at radius 3 is 2.52 bits per heavy atom. The summed E-state index contributed by atoms with van der Waals surface area (Å²) in [5.74, 6) is 0.287. The molecule has 0 radical (unpaired) electrons. The van der Waals surface area contributed by atoms with Gasteiger partial charge in [0, 0.05) is 32.1 Å². The lowest BCUT2D eigenvalue weighted by Gasteiger charge is -2.40. The van der Waals surface area contributed by atoms with E-state index in [2.05, 4.69) is 15.1 Å². The van der Waals surface area contributed by atoms with Crippen LogP contribution in [0.2, 0.25) is 0 Å². The highest BCUT2D eigenvalue weighted by Gasteiger charge is 2.45. The summed E-state index contributed by atoms with van der Waals surface area (Å²) in [6.07, 6.45) is 7.18. The molecule has 1 aliphatic carbocycles. The average molecular weight is 320 g/mol. The van der Waals surface area contributed by atoms with Gasteiger partial charge in [-0.2, -0.15) is 0 Å². The van der Waals surface area contributed by atoms with Crippen molar-refractivity contribution in [2.45, 2.75) is 63.1 Å². The number of hydrogen-bond donors (Lipinski definition) is 1. The standard InChI is InChI=1S/C17H28N4O2/c22-16-6-5-14-15(20(16)12-11-19-8-1-2-9-19)7-10-21(14)17(23)18-13-3-4-13/h13-15H,1-12H2,(H,18,23)/t14-,15-/m0/s1. The molecule has 3 aliphatic heterocycles. The molecule has 128 valence electrons. The highest BCUT2D eigenvalue weighted by molar-refractivity contribution is 5.80. The van der Waals surface area contributed by atoms with Crippen molar-refractivity contribution in [1.82, 2.24) is 20.0 Å². The number of carbonyl (C=O) groups is 2. The second-order valence-electron chi connectivity index (χ2n) is 7.52. The van der Waals surface area contributed by atoms with Crippen molar-refractivity contribution in [3.63, 3.8) is 0 Å². The molecule has 1 N–H and O–H groups in total. The van der Waals surface area contributed by atoms with Crippen LogP contribution in [0.1, 0.15) is 44.9 Å². The number of fused-ring (bicyclic) bond motifs is 1. The molecule has 3 amide bonds. The molecule has 6 heteroatoms. The Bertz CT molecular complexity index is 473. The van der Waals surface area contributed by atoms with Crippen molar-refractivity contribution in [1.29, 1.82) is 0 Å². The third-order valence-electron chi connectivity index (χ3n) is 5.91. The van der Waals surface area contributed by atoms with Gasteiger partial charge in [-0.15, -0.1) is 0 Å². The van der Waals surface area contributed by atoms with E-state index in [0.29, 0.717) is 12.5 Å². The van der Waals surface area contributed by atoms with Gasteiger partial charge in [0.05, 0.1) is 12.1 Å². The molecule has 3 saturated heterocycles. The Kier molecular flexibility index (Phi) is 4.18. The maximum atomic E-state index is 12.4. The lowest BCUT2D eigenvalue weighted by Crippen LogP contribution is -2.56. The zero-order chi connectivity index (χ0) is 15.8. The van der Waals surface area contributed by atoms with Crippen LogP contribution in [0.3, 0.4) is 0 Å². The zero-order valence-corrected chi connectivity index (χ0v) is 13.9. The van der Waals surface area contributed by atoms with E-state index in [1.807, 2.05) is 4.90 Å². The largest absolute Gasteiger partial charge is 0.336 e. The van der Waals surface area contributed by atoms with E-state index in [1.54, 1.807) is 0 Å². The van der Waals surface area contributed by atoms with Gasteiger partial charge in [0.25, 0.3) is 0 Å². The minimum atomic E-state index is 0.0915. The normalized spacial score (nSPS) is 31.6. The van der Waals surface area contributed by atoms with Gasteiger partial charge in [0.1, 0.15) is 0 Å². The second kappa shape index (κ2) is 6.30. The first-order chi connectivity index (χ1) is 11.2. The van der Waals surface area contributed by atoms with E-state index in [-0.39, 0.29) is 24.0 Å². The van der Waals surface area contributed by atoms with Crippen LogP contribution in [0.4, 0.5) is 4.79 Å². The van der Waals surface area contributed by atoms with Gasteiger partial charge >= 0.3 is 6.03 Å². The van der Waals surface area contributed by atoms with Crippen molar-refractivity contribution >= 4 is 11.9 Å². The molecule has 3 heterocycles. The summed E-state index contributed by atoms with van der Waals surface area (Å²) in [5.41, 5.74) is 0. The Morgan fingerprint density at radius 2 is 1.78 bits per heavy atom. The van der Waals surface area contributed by atoms with Crippen molar-refractivity contribution in [2.75, 3.05) is 32.7 Å². The number of rotatable bonds is 4. The summed E-state index contributed by atoms with van der Waals surface area (Å²) < 4.78 is 0. The van der Waals surface area contributed by atoms with Gasteiger partial charge in [-0.25, -0.2) is 4.79 Å². The van der Waals surface area contributed by atoms with Gasteiger partial charge in [0.2, 0.25) is 5.91 Å². The Morgan fingerprint density at radius 1 is 1.00 bits per heavy atom. The third kappa shape index (κ3) is 3.18. The topological polar surface area (TPSA) is 55.9 Å². The lowest BCUT2D eigenvalue weighted by molar-refractivity contribution is -0.137. The molecule has 4 rings (SSSR count). The predicted molar refractivity (Wildman–Crippen MR) is 87.1 cm³/mol. The van der Waals surface area contributed by atoms with Gasteiger partial charge in [-0.1, -0.05) is 0 Å². The molecule has 6 nitrogen and oxygen atoms in total. The number of hydrogen-bond acceptors (Lipinski definition) is 3. The first-order valence-corrected chi connectivity index (χ1v) is 9.31. The minimum absolute atomic E-state index is 0.0915. The number of amides is 3. The summed E-state index contributed by atoms with van der Waals surface area (Å²) in [6, 6.07) is 0.959. The number of likely N-dealkylation sites (tertiary alicyclic amines) is 3. The lowest BCUT2D eigenvalue weighted by atomic mass is 9.96. The third-order valence-corrected chi connectivity index (χ3v) is 5.91. The van der Waals surface area contributed by atoms with Crippen LogP contribution in [0.5, 0.6) is 0 Å². The van der Waals surface area contributed by atoms with E-state index in [1.165, 1.54) is 25.9 Å². The van der Waals surface area contributed by atoms with Gasteiger partial charge in [-0.3, -0.25) is 4.79 Å². The van der Waals surface area contributed by atoms with Crippen molar-refractivity contribution in [3.05, 3.63) is 0 Å². The maximum absolute atomic E-state index is 12.4. The highest BCUT2D eigenvalue weighted by Crippen LogP contribution is 2.32. The van der Waals surface area contributed by atoms with Crippen molar-refractivity contribution in [2.24, 2.45) is 0 Å². The molecule has 0 bridgehead atoms. The molecular formula is C17H28N4O2. The van der Waals surface area contributed by atoms with Crippen molar-refractivity contribution < 1.29 is 9.59 Å². The fourth-order valence-electron chi connectivity index (χ4n) is 4.43. The van der Waals surface area contributed by atoms with E-state index < -0.39 is 0 Å². The Hall–Kier alpha value is -1.30. The van der Waals surface area contributed by atoms with Crippen LogP contribution in [-0.2, 0) is 4.79 Å². The summed E-state index contributed by atoms with van der Waals surface area (Å²) in [6.45, 7) is 4.96. The van der Waals surface area contributed by atoms with E-state index in [0.717, 1.165) is 45.3 Å². The number of nitrogens with zero attached hydrogens (tertiary/aromatic N) is 3. The minimum Gasteiger partial charge on any atom is -0.336 e. The van der Waals surface area contributed by atoms with Crippen molar-refractivity contribution in [3.8, 4) is 0 Å². The van der Waals surface area contributed by atoms with Gasteiger partial charge in [-0.05, 0) is 51.6 Å². The summed E-state index contributed by atoms with van der Waals surface area (Å²) in [5, 5.41) is 3.11. The van der Waals surface area contributed by atoms with Gasteiger partial charge < -0.3 is 20.0 Å². The predicted octanol–water partition coefficient (Wildman–Crippen LogP) is 1.02. The first kappa shape index (κ1) is 15.2. The molecule has 2 atom stereocenters. The van der Waals surface area contributed by atoms with E-state index in [9.17, 15) is 9.59 Å². The smallest absolute Gasteiger partial charge is 0.317 e. The Labute approximate surface area is 138 Å². The molecule has 0 aromatic heterocycles. The molecule has 23 heavy (non-hydrogen) atoms. The molecule has 0 aromatic rings. The monoisotopic (exact) mass is 320 g/mol. The number of nitrogens with one attached hydrogen (secondary N) is 1. The maximum Gasteiger partial charge on any atom is 0.317 e. The number of carbonyl (C=O) groups excluding carboxylic acids is 2. The van der Waals surface area contributed by atoms with Crippen LogP contribution in [0.25, 0.3) is 0 Å². The molecule has 4 aliphatic rings. The molecule has 0 spiro atoms. The number of piperidine rings is 1. The second-order valence-corrected chi connectivity index (χ2v) is 7.52. The zero-order valence-electron chi connectivity index (χ0n) is 13.9. The summed E-state index contributed by atoms with van der Waals surface area (Å²) in [4.78, 5) is 31.3. The van der Waals surface area contributed by atoms with Gasteiger partial charge in [0.15, 0.2) is 0 Å². The van der Waals surface area contributed by atoms with Crippen LogP contribution in [0.15, 0.2) is 0 Å². The fourth-order valence-corrected chi connectivity index (χ4v) is 4.43. The quantitative estimate of drug-likeness (QED) is 0.841. The van der Waals surface area contributed by atoms with Crippen LogP contribution < -0.4 is 5.32 Å². The van der Waals surface area contributed by atoms with Crippen LogP contribution >= 0.6 is 0 Å². The first-order valence-electron chi connectivity index (χ1n) is 9.31. The van der Waals surface area contributed by atoms with Crippen LogP contribution in [-0.4, -0.2) is 77.5 Å². The number of urea groups is 1. The summed E-state index contributed by atoms with van der Waals surface area (Å²) in [7, 11) is 0. The van der Waals surface area contributed by atoms with Crippen LogP contribution in [0, 0.1) is 0 Å². The molecular weight excluding hydrogens is 292 g/mol. The molecule has 1 saturated carbocycles. The molecule has 0 aromatic carbocycles. The highest BCUT2D eigenvalue weighted by atomic mass is 16.2. The van der Waals surface area contributed by atoms with E-state index in [4.69, 9.17) is 0 Å². The van der Waals surface area contributed by atoms with E-state index >= 15 is 0 Å².